The van der Waals surface area contributed by atoms with Gasteiger partial charge in [0.15, 0.2) is 0 Å². The summed E-state index contributed by atoms with van der Waals surface area (Å²) in [4.78, 5) is 23.5. The Hall–Kier alpha value is -3.19. The molecule has 0 radical (unpaired) electrons. The molecule has 0 heterocycles. The molecule has 0 fully saturated rings. The minimum absolute atomic E-state index is 0.105. The second-order valence-corrected chi connectivity index (χ2v) is 5.35. The maximum Gasteiger partial charge on any atom is 0.329 e. The molecule has 0 unspecified atom stereocenters. The third kappa shape index (κ3) is 5.42. The number of halogens is 2. The summed E-state index contributed by atoms with van der Waals surface area (Å²) in [5.74, 6) is -2.29. The van der Waals surface area contributed by atoms with E-state index in [0.717, 1.165) is 6.07 Å². The number of nitrogens with zero attached hydrogens (tertiary/aromatic N) is 1. The van der Waals surface area contributed by atoms with Gasteiger partial charge in [0.05, 0.1) is 11.9 Å². The Balaban J connectivity index is 2.00. The maximum absolute atomic E-state index is 13.5. The van der Waals surface area contributed by atoms with Gasteiger partial charge in [0.2, 0.25) is 0 Å². The van der Waals surface area contributed by atoms with Crippen molar-refractivity contribution in [2.24, 2.45) is 5.10 Å². The van der Waals surface area contributed by atoms with Gasteiger partial charge in [-0.25, -0.2) is 9.82 Å². The van der Waals surface area contributed by atoms with Crippen LogP contribution in [0.15, 0.2) is 60.2 Å². The summed E-state index contributed by atoms with van der Waals surface area (Å²) in [5.41, 5.74) is 2.44. The van der Waals surface area contributed by atoms with E-state index in [9.17, 15) is 14.0 Å². The summed E-state index contributed by atoms with van der Waals surface area (Å²) in [6.45, 7) is 3.83. The Morgan fingerprint density at radius 2 is 2.00 bits per heavy atom. The van der Waals surface area contributed by atoms with Gasteiger partial charge in [-0.1, -0.05) is 36.4 Å². The standard InChI is InChI=1S/C18H15ClFN3O3/c1-2-9-26-16-8-7-13(19)10-12(16)11-21-23-18(25)17(24)22-15-6-4-3-5-14(15)20/h2-8,10-11H,1,9H2,(H,22,24)(H,23,25)/b21-11-. The molecule has 0 aliphatic carbocycles. The van der Waals surface area contributed by atoms with Gasteiger partial charge in [0, 0.05) is 10.6 Å². The highest BCUT2D eigenvalue weighted by Gasteiger charge is 2.14. The molecule has 2 amide bonds. The topological polar surface area (TPSA) is 79.8 Å². The van der Waals surface area contributed by atoms with Crippen LogP contribution in [0, 0.1) is 5.82 Å². The minimum atomic E-state index is -1.06. The lowest BCUT2D eigenvalue weighted by Crippen LogP contribution is -2.32. The number of amides is 2. The molecule has 0 aliphatic heterocycles. The minimum Gasteiger partial charge on any atom is -0.489 e. The van der Waals surface area contributed by atoms with E-state index >= 15 is 0 Å². The van der Waals surface area contributed by atoms with Crippen LogP contribution in [-0.4, -0.2) is 24.6 Å². The smallest absolute Gasteiger partial charge is 0.329 e. The predicted octanol–water partition coefficient (Wildman–Crippen LogP) is 3.13. The summed E-state index contributed by atoms with van der Waals surface area (Å²) < 4.78 is 18.9. The number of hydrazone groups is 1. The fraction of sp³-hybridized carbons (Fsp3) is 0.0556. The molecule has 8 heteroatoms. The van der Waals surface area contributed by atoms with E-state index in [1.54, 1.807) is 24.3 Å². The van der Waals surface area contributed by atoms with E-state index in [4.69, 9.17) is 16.3 Å². The van der Waals surface area contributed by atoms with Crippen molar-refractivity contribution < 1.29 is 18.7 Å². The van der Waals surface area contributed by atoms with Gasteiger partial charge in [0.1, 0.15) is 18.2 Å². The summed E-state index contributed by atoms with van der Waals surface area (Å²) >= 11 is 5.92. The molecule has 0 saturated heterocycles. The summed E-state index contributed by atoms with van der Waals surface area (Å²) in [5, 5.41) is 6.29. The molecule has 26 heavy (non-hydrogen) atoms. The number of hydrogen-bond donors (Lipinski definition) is 2. The molecular weight excluding hydrogens is 361 g/mol. The van der Waals surface area contributed by atoms with Crippen molar-refractivity contribution in [3.05, 3.63) is 71.5 Å². The monoisotopic (exact) mass is 375 g/mol. The van der Waals surface area contributed by atoms with Gasteiger partial charge >= 0.3 is 11.8 Å². The first-order chi connectivity index (χ1) is 12.5. The highest BCUT2D eigenvalue weighted by Crippen LogP contribution is 2.21. The molecule has 2 aromatic carbocycles. The quantitative estimate of drug-likeness (QED) is 0.352. The first kappa shape index (κ1) is 19.1. The Morgan fingerprint density at radius 3 is 2.73 bits per heavy atom. The Kier molecular flexibility index (Phi) is 6.87. The third-order valence-corrected chi connectivity index (χ3v) is 3.26. The van der Waals surface area contributed by atoms with Crippen LogP contribution < -0.4 is 15.5 Å². The molecule has 0 bridgehead atoms. The predicted molar refractivity (Wildman–Crippen MR) is 97.9 cm³/mol. The normalized spacial score (nSPS) is 10.4. The summed E-state index contributed by atoms with van der Waals surface area (Å²) in [6, 6.07) is 10.3. The van der Waals surface area contributed by atoms with Crippen LogP contribution in [0.2, 0.25) is 5.02 Å². The molecule has 0 atom stereocenters. The van der Waals surface area contributed by atoms with Crippen molar-refractivity contribution in [3.63, 3.8) is 0 Å². The molecule has 2 rings (SSSR count). The number of carbonyl (C=O) groups is 2. The van der Waals surface area contributed by atoms with E-state index in [2.05, 4.69) is 22.4 Å². The van der Waals surface area contributed by atoms with Gasteiger partial charge in [-0.3, -0.25) is 9.59 Å². The number of para-hydroxylation sites is 1. The highest BCUT2D eigenvalue weighted by atomic mass is 35.5. The van der Waals surface area contributed by atoms with Crippen LogP contribution in [0.5, 0.6) is 5.75 Å². The number of rotatable bonds is 6. The average molecular weight is 376 g/mol. The highest BCUT2D eigenvalue weighted by molar-refractivity contribution is 6.39. The average Bonchev–Trinajstić information content (AvgIpc) is 2.62. The van der Waals surface area contributed by atoms with Crippen molar-refractivity contribution in [1.82, 2.24) is 5.43 Å². The van der Waals surface area contributed by atoms with E-state index in [-0.39, 0.29) is 12.3 Å². The van der Waals surface area contributed by atoms with Crippen LogP contribution in [0.1, 0.15) is 5.56 Å². The van der Waals surface area contributed by atoms with Crippen LogP contribution >= 0.6 is 11.6 Å². The number of benzene rings is 2. The van der Waals surface area contributed by atoms with Gasteiger partial charge in [-0.05, 0) is 30.3 Å². The summed E-state index contributed by atoms with van der Waals surface area (Å²) in [7, 11) is 0. The van der Waals surface area contributed by atoms with E-state index in [0.29, 0.717) is 16.3 Å². The van der Waals surface area contributed by atoms with Gasteiger partial charge in [-0.2, -0.15) is 5.10 Å². The number of anilines is 1. The Labute approximate surface area is 154 Å². The molecule has 0 aromatic heterocycles. The number of ether oxygens (including phenoxy) is 1. The zero-order valence-electron chi connectivity index (χ0n) is 13.5. The number of carbonyl (C=O) groups excluding carboxylic acids is 2. The van der Waals surface area contributed by atoms with Crippen molar-refractivity contribution in [2.75, 3.05) is 11.9 Å². The van der Waals surface area contributed by atoms with Gasteiger partial charge in [-0.15, -0.1) is 0 Å². The zero-order chi connectivity index (χ0) is 18.9. The van der Waals surface area contributed by atoms with Crippen molar-refractivity contribution >= 4 is 35.3 Å². The third-order valence-electron chi connectivity index (χ3n) is 3.03. The first-order valence-corrected chi connectivity index (χ1v) is 7.81. The molecule has 0 spiro atoms. The Bertz CT molecular complexity index is 855. The van der Waals surface area contributed by atoms with Crippen molar-refractivity contribution in [2.45, 2.75) is 0 Å². The molecule has 2 N–H and O–H groups in total. The van der Waals surface area contributed by atoms with Crippen LogP contribution in [0.25, 0.3) is 0 Å². The van der Waals surface area contributed by atoms with E-state index < -0.39 is 17.6 Å². The lowest BCUT2D eigenvalue weighted by molar-refractivity contribution is -0.136. The number of hydrogen-bond acceptors (Lipinski definition) is 4. The molecule has 2 aromatic rings. The number of nitrogens with one attached hydrogen (secondary N) is 2. The van der Waals surface area contributed by atoms with E-state index in [1.165, 1.54) is 24.4 Å². The van der Waals surface area contributed by atoms with Crippen LogP contribution in [0.3, 0.4) is 0 Å². The fourth-order valence-electron chi connectivity index (χ4n) is 1.85. The molecular formula is C18H15ClFN3O3. The van der Waals surface area contributed by atoms with Crippen molar-refractivity contribution in [3.8, 4) is 5.75 Å². The molecule has 0 aliphatic rings. The Morgan fingerprint density at radius 1 is 1.23 bits per heavy atom. The van der Waals surface area contributed by atoms with Crippen LogP contribution in [0.4, 0.5) is 10.1 Å². The second kappa shape index (κ2) is 9.33. The fourth-order valence-corrected chi connectivity index (χ4v) is 2.03. The SMILES string of the molecule is C=CCOc1ccc(Cl)cc1/C=N\NC(=O)C(=O)Nc1ccccc1F. The largest absolute Gasteiger partial charge is 0.489 e. The van der Waals surface area contributed by atoms with Crippen LogP contribution in [-0.2, 0) is 9.59 Å². The van der Waals surface area contributed by atoms with E-state index in [1.807, 2.05) is 0 Å². The molecule has 6 nitrogen and oxygen atoms in total. The van der Waals surface area contributed by atoms with Gasteiger partial charge in [0.25, 0.3) is 0 Å². The second-order valence-electron chi connectivity index (χ2n) is 4.91. The zero-order valence-corrected chi connectivity index (χ0v) is 14.3. The molecule has 0 saturated carbocycles. The lowest BCUT2D eigenvalue weighted by atomic mass is 10.2. The lowest BCUT2D eigenvalue weighted by Gasteiger charge is -2.07. The maximum atomic E-state index is 13.5. The van der Waals surface area contributed by atoms with Crippen molar-refractivity contribution in [1.29, 1.82) is 0 Å². The summed E-state index contributed by atoms with van der Waals surface area (Å²) in [6.07, 6.45) is 2.85. The molecule has 134 valence electrons. The first-order valence-electron chi connectivity index (χ1n) is 7.43. The van der Waals surface area contributed by atoms with Gasteiger partial charge < -0.3 is 10.1 Å².